The van der Waals surface area contributed by atoms with Crippen LogP contribution in [0.4, 0.5) is 4.39 Å². The smallest absolute Gasteiger partial charge is 0.352 e. The number of aromatic nitrogens is 4. The molecule has 0 spiro atoms. The molecule has 0 aliphatic rings. The second kappa shape index (κ2) is 11.3. The number of amides is 1. The first kappa shape index (κ1) is 25.3. The maximum absolute atomic E-state index is 13.8. The lowest BCUT2D eigenvalue weighted by Gasteiger charge is -2.14. The first-order chi connectivity index (χ1) is 17.9. The summed E-state index contributed by atoms with van der Waals surface area (Å²) in [5.74, 6) is -0.548. The Kier molecular flexibility index (Phi) is 7.72. The minimum atomic E-state index is -0.902. The van der Waals surface area contributed by atoms with Gasteiger partial charge in [0.05, 0.1) is 26.5 Å². The van der Waals surface area contributed by atoms with Gasteiger partial charge in [-0.3, -0.25) is 19.1 Å². The summed E-state index contributed by atoms with van der Waals surface area (Å²) in [5.41, 5.74) is -0.849. The molecule has 0 radical (unpaired) electrons. The number of benzene rings is 2. The van der Waals surface area contributed by atoms with Crippen LogP contribution >= 0.6 is 0 Å². The van der Waals surface area contributed by atoms with Gasteiger partial charge < -0.3 is 14.8 Å². The Morgan fingerprint density at radius 1 is 1.00 bits per heavy atom. The van der Waals surface area contributed by atoms with E-state index < -0.39 is 28.7 Å². The monoisotopic (exact) mass is 505 g/mol. The molecule has 0 bridgehead atoms. The first-order valence-corrected chi connectivity index (χ1v) is 11.3. The average molecular weight is 506 g/mol. The van der Waals surface area contributed by atoms with Crippen molar-refractivity contribution in [3.8, 4) is 17.2 Å². The molecule has 0 saturated carbocycles. The fourth-order valence-corrected chi connectivity index (χ4v) is 3.67. The molecule has 2 heterocycles. The highest BCUT2D eigenvalue weighted by Crippen LogP contribution is 2.28. The first-order valence-electron chi connectivity index (χ1n) is 11.3. The number of halogens is 1. The second-order valence-electron chi connectivity index (χ2n) is 7.93. The van der Waals surface area contributed by atoms with Crippen LogP contribution in [0.1, 0.15) is 21.7 Å². The number of nitrogens with one attached hydrogen (secondary N) is 1. The summed E-state index contributed by atoms with van der Waals surface area (Å²) in [6, 6.07) is 15.5. The Morgan fingerprint density at radius 2 is 1.81 bits per heavy atom. The molecule has 11 heteroatoms. The number of ether oxygens (including phenoxy) is 2. The van der Waals surface area contributed by atoms with E-state index in [1.807, 2.05) is 12.1 Å². The number of nitrogens with zero attached hydrogens (tertiary/aromatic N) is 4. The van der Waals surface area contributed by atoms with Gasteiger partial charge in [-0.05, 0) is 42.0 Å². The molecule has 0 aliphatic carbocycles. The summed E-state index contributed by atoms with van der Waals surface area (Å²) >= 11 is 0. The zero-order valence-electron chi connectivity index (χ0n) is 20.2. The normalized spacial score (nSPS) is 10.7. The van der Waals surface area contributed by atoms with Crippen LogP contribution in [0.3, 0.4) is 0 Å². The van der Waals surface area contributed by atoms with Gasteiger partial charge in [-0.2, -0.15) is 9.78 Å². The molecule has 1 N–H and O–H groups in total. The number of hydrogen-bond acceptors (Lipinski definition) is 7. The van der Waals surface area contributed by atoms with Crippen LogP contribution < -0.4 is 26.0 Å². The summed E-state index contributed by atoms with van der Waals surface area (Å²) in [7, 11) is 2.90. The zero-order chi connectivity index (χ0) is 26.4. The average Bonchev–Trinajstić information content (AvgIpc) is 2.91. The quantitative estimate of drug-likeness (QED) is 0.370. The molecule has 1 amide bonds. The Bertz CT molecular complexity index is 1530. The van der Waals surface area contributed by atoms with E-state index >= 15 is 0 Å². The summed E-state index contributed by atoms with van der Waals surface area (Å²) in [4.78, 5) is 43.8. The van der Waals surface area contributed by atoms with Crippen molar-refractivity contribution < 1.29 is 18.7 Å². The Labute approximate surface area is 210 Å². The highest BCUT2D eigenvalue weighted by Gasteiger charge is 2.21. The van der Waals surface area contributed by atoms with Crippen molar-refractivity contribution in [3.63, 3.8) is 0 Å². The minimum Gasteiger partial charge on any atom is -0.493 e. The number of carbonyl (C=O) groups excluding carboxylic acids is 1. The third-order valence-corrected chi connectivity index (χ3v) is 5.51. The van der Waals surface area contributed by atoms with Crippen LogP contribution in [0, 0.1) is 5.82 Å². The van der Waals surface area contributed by atoms with Gasteiger partial charge in [-0.1, -0.05) is 18.2 Å². The SMILES string of the molecule is COc1ccc(-n2nc(C(=O)NCCc3ccccn3)c(=O)n(Cc3cccc(F)c3)c2=O)cc1OC. The Balaban J connectivity index is 1.76. The molecular weight excluding hydrogens is 481 g/mol. The predicted octanol–water partition coefficient (Wildman–Crippen LogP) is 1.97. The molecular formula is C26H24FN5O5. The molecule has 0 aliphatic heterocycles. The van der Waals surface area contributed by atoms with Gasteiger partial charge in [0.2, 0.25) is 5.69 Å². The van der Waals surface area contributed by atoms with Crippen LogP contribution in [0.2, 0.25) is 0 Å². The fraction of sp³-hybridized carbons (Fsp3) is 0.192. The molecule has 190 valence electrons. The van der Waals surface area contributed by atoms with E-state index in [9.17, 15) is 18.8 Å². The van der Waals surface area contributed by atoms with Crippen molar-refractivity contribution in [1.82, 2.24) is 24.6 Å². The molecule has 0 fully saturated rings. The standard InChI is InChI=1S/C26H24FN5O5/c1-36-21-10-9-20(15-22(21)37-2)32-26(35)31(16-17-6-5-7-18(27)14-17)25(34)23(30-32)24(33)29-13-11-19-8-3-4-12-28-19/h3-10,12,14-15H,11,13,16H2,1-2H3,(H,29,33). The third-order valence-electron chi connectivity index (χ3n) is 5.51. The number of hydrogen-bond donors (Lipinski definition) is 1. The number of pyridine rings is 1. The van der Waals surface area contributed by atoms with Crippen molar-refractivity contribution in [1.29, 1.82) is 0 Å². The maximum atomic E-state index is 13.8. The van der Waals surface area contributed by atoms with E-state index in [0.29, 0.717) is 23.5 Å². The van der Waals surface area contributed by atoms with Crippen LogP contribution in [0.5, 0.6) is 11.5 Å². The molecule has 4 aromatic rings. The van der Waals surface area contributed by atoms with E-state index in [0.717, 1.165) is 14.9 Å². The van der Waals surface area contributed by atoms with Gasteiger partial charge in [0, 0.05) is 30.9 Å². The van der Waals surface area contributed by atoms with Crippen LogP contribution in [-0.4, -0.2) is 46.0 Å². The number of rotatable bonds is 9. The van der Waals surface area contributed by atoms with E-state index in [4.69, 9.17) is 9.47 Å². The second-order valence-corrected chi connectivity index (χ2v) is 7.93. The van der Waals surface area contributed by atoms with E-state index in [2.05, 4.69) is 15.4 Å². The van der Waals surface area contributed by atoms with Gasteiger partial charge >= 0.3 is 5.69 Å². The highest BCUT2D eigenvalue weighted by atomic mass is 19.1. The molecule has 2 aromatic carbocycles. The summed E-state index contributed by atoms with van der Waals surface area (Å²) in [6.07, 6.45) is 2.07. The van der Waals surface area contributed by atoms with E-state index in [1.54, 1.807) is 24.4 Å². The molecule has 4 rings (SSSR count). The van der Waals surface area contributed by atoms with Gasteiger partial charge in [0.25, 0.3) is 11.5 Å². The summed E-state index contributed by atoms with van der Waals surface area (Å²) in [6.45, 7) is -0.0736. The highest BCUT2D eigenvalue weighted by molar-refractivity contribution is 5.91. The molecule has 10 nitrogen and oxygen atoms in total. The Hall–Kier alpha value is -4.80. The van der Waals surface area contributed by atoms with Crippen molar-refractivity contribution in [2.75, 3.05) is 20.8 Å². The lowest BCUT2D eigenvalue weighted by molar-refractivity contribution is 0.0944. The third kappa shape index (κ3) is 5.72. The minimum absolute atomic E-state index is 0.191. The summed E-state index contributed by atoms with van der Waals surface area (Å²) in [5, 5.41) is 6.74. The lowest BCUT2D eigenvalue weighted by atomic mass is 10.2. The van der Waals surface area contributed by atoms with Gasteiger partial charge in [0.15, 0.2) is 11.5 Å². The van der Waals surface area contributed by atoms with Crippen LogP contribution in [0.15, 0.2) is 76.4 Å². The number of carbonyl (C=O) groups is 1. The van der Waals surface area contributed by atoms with Crippen molar-refractivity contribution in [2.24, 2.45) is 0 Å². The zero-order valence-corrected chi connectivity index (χ0v) is 20.2. The Morgan fingerprint density at radius 3 is 2.51 bits per heavy atom. The van der Waals surface area contributed by atoms with Gasteiger partial charge in [-0.15, -0.1) is 0 Å². The number of methoxy groups -OCH3 is 2. The molecule has 0 saturated heterocycles. The van der Waals surface area contributed by atoms with Crippen molar-refractivity contribution >= 4 is 5.91 Å². The van der Waals surface area contributed by atoms with Crippen molar-refractivity contribution in [2.45, 2.75) is 13.0 Å². The topological polar surface area (TPSA) is 117 Å². The predicted molar refractivity (Wildman–Crippen MR) is 133 cm³/mol. The molecule has 0 unspecified atom stereocenters. The van der Waals surface area contributed by atoms with Gasteiger partial charge in [-0.25, -0.2) is 9.18 Å². The largest absolute Gasteiger partial charge is 0.493 e. The van der Waals surface area contributed by atoms with Crippen LogP contribution in [0.25, 0.3) is 5.69 Å². The summed E-state index contributed by atoms with van der Waals surface area (Å²) < 4.78 is 26.1. The van der Waals surface area contributed by atoms with Crippen LogP contribution in [-0.2, 0) is 13.0 Å². The fourth-order valence-electron chi connectivity index (χ4n) is 3.67. The lowest BCUT2D eigenvalue weighted by Crippen LogP contribution is -2.46. The molecule has 0 atom stereocenters. The van der Waals surface area contributed by atoms with E-state index in [1.165, 1.54) is 44.6 Å². The molecule has 2 aromatic heterocycles. The van der Waals surface area contributed by atoms with Gasteiger partial charge in [0.1, 0.15) is 5.82 Å². The van der Waals surface area contributed by atoms with Crippen molar-refractivity contribution in [3.05, 3.63) is 110 Å². The molecule has 37 heavy (non-hydrogen) atoms. The van der Waals surface area contributed by atoms with E-state index in [-0.39, 0.29) is 18.8 Å². The maximum Gasteiger partial charge on any atom is 0.352 e.